The Hall–Kier alpha value is 0.396. The summed E-state index contributed by atoms with van der Waals surface area (Å²) in [5.74, 6) is 0. The molecule has 2 unspecified atom stereocenters. The maximum atomic E-state index is 9.97. The minimum absolute atomic E-state index is 0.187. The number of hydrogen-bond donors (Lipinski definition) is 3. The van der Waals surface area contributed by atoms with Crippen LogP contribution in [0.3, 0.4) is 0 Å². The fourth-order valence-electron chi connectivity index (χ4n) is 1.65. The van der Waals surface area contributed by atoms with Crippen LogP contribution in [-0.4, -0.2) is 34.6 Å². The van der Waals surface area contributed by atoms with Gasteiger partial charge in [0.05, 0.1) is 0 Å². The van der Waals surface area contributed by atoms with Crippen molar-refractivity contribution in [2.24, 2.45) is 0 Å². The second-order valence-corrected chi connectivity index (χ2v) is 4.18. The van der Waals surface area contributed by atoms with Gasteiger partial charge in [0, 0.05) is 0 Å². The van der Waals surface area contributed by atoms with Crippen LogP contribution in [0.1, 0.15) is 19.3 Å². The van der Waals surface area contributed by atoms with Crippen LogP contribution in [0.25, 0.3) is 0 Å². The molecule has 1 aliphatic heterocycles. The SMILES string of the molecule is OC1CCCC1(O)CNC1([O][Os])OO1. The first-order valence-electron chi connectivity index (χ1n) is 4.41. The number of hydrogen-bond acceptors (Lipinski definition) is 6. The topological polar surface area (TPSA) is 86.8 Å². The molecule has 1 saturated heterocycles. The van der Waals surface area contributed by atoms with Crippen molar-refractivity contribution in [3.05, 3.63) is 0 Å². The summed E-state index contributed by atoms with van der Waals surface area (Å²) in [6.07, 6.45) is 0.134. The molecule has 0 aromatic rings. The molecular weight excluding hydrogens is 368 g/mol. The Labute approximate surface area is 91.8 Å². The Balaban J connectivity index is 1.85. The zero-order chi connectivity index (χ0) is 10.2. The van der Waals surface area contributed by atoms with Crippen molar-refractivity contribution >= 4 is 0 Å². The van der Waals surface area contributed by atoms with Crippen LogP contribution in [0, 0.1) is 0 Å². The molecule has 1 saturated carbocycles. The van der Waals surface area contributed by atoms with Crippen molar-refractivity contribution < 1.29 is 42.5 Å². The predicted molar refractivity (Wildman–Crippen MR) is 38.8 cm³/mol. The van der Waals surface area contributed by atoms with E-state index in [2.05, 4.69) is 15.1 Å². The van der Waals surface area contributed by atoms with E-state index in [1.54, 1.807) is 0 Å². The molecule has 14 heavy (non-hydrogen) atoms. The average Bonchev–Trinajstić information content (AvgIpc) is 2.89. The molecule has 1 aliphatic carbocycles. The van der Waals surface area contributed by atoms with Gasteiger partial charge in [0.15, 0.2) is 0 Å². The first kappa shape index (κ1) is 10.9. The van der Waals surface area contributed by atoms with Crippen molar-refractivity contribution in [1.29, 1.82) is 0 Å². The van der Waals surface area contributed by atoms with E-state index in [0.29, 0.717) is 12.8 Å². The van der Waals surface area contributed by atoms with Gasteiger partial charge in [-0.3, -0.25) is 0 Å². The molecule has 1 heterocycles. The van der Waals surface area contributed by atoms with Gasteiger partial charge in [-0.1, -0.05) is 0 Å². The van der Waals surface area contributed by atoms with Crippen LogP contribution in [0.4, 0.5) is 0 Å². The molecule has 0 bridgehead atoms. The Morgan fingerprint density at radius 2 is 2.29 bits per heavy atom. The van der Waals surface area contributed by atoms with E-state index >= 15 is 0 Å². The van der Waals surface area contributed by atoms with Crippen molar-refractivity contribution in [2.75, 3.05) is 6.54 Å². The molecule has 0 spiro atoms. The van der Waals surface area contributed by atoms with Gasteiger partial charge in [0.1, 0.15) is 0 Å². The summed E-state index contributed by atoms with van der Waals surface area (Å²) >= 11 is 1.23. The van der Waals surface area contributed by atoms with Crippen LogP contribution in [0.15, 0.2) is 0 Å². The van der Waals surface area contributed by atoms with Crippen LogP contribution < -0.4 is 5.32 Å². The third kappa shape index (κ3) is 2.00. The van der Waals surface area contributed by atoms with E-state index in [0.717, 1.165) is 6.42 Å². The van der Waals surface area contributed by atoms with Crippen molar-refractivity contribution in [3.8, 4) is 0 Å². The standard InChI is InChI=1S/C7H12NO5.Os/c9-5-2-1-3-6(5,10)4-8-7(11)12-13-7;/h5,8-10H,1-4H2;/q-1;+1. The number of aliphatic hydroxyl groups excluding tert-OH is 1. The fourth-order valence-corrected chi connectivity index (χ4v) is 2.01. The third-order valence-corrected chi connectivity index (χ3v) is 3.33. The summed E-state index contributed by atoms with van der Waals surface area (Å²) in [7, 11) is 0. The second-order valence-electron chi connectivity index (χ2n) is 3.66. The molecule has 83 valence electrons. The van der Waals surface area contributed by atoms with Gasteiger partial charge in [0.25, 0.3) is 0 Å². The van der Waals surface area contributed by atoms with Gasteiger partial charge in [-0.05, 0) is 0 Å². The Bertz CT molecular complexity index is 224. The van der Waals surface area contributed by atoms with Gasteiger partial charge in [0.2, 0.25) is 0 Å². The number of rotatable bonds is 4. The first-order chi connectivity index (χ1) is 6.60. The van der Waals surface area contributed by atoms with Crippen molar-refractivity contribution in [3.63, 3.8) is 0 Å². The predicted octanol–water partition coefficient (Wildman–Crippen LogP) is -1.10. The van der Waals surface area contributed by atoms with Crippen LogP contribution in [0.2, 0.25) is 0 Å². The molecule has 6 nitrogen and oxygen atoms in total. The van der Waals surface area contributed by atoms with Gasteiger partial charge in [-0.2, -0.15) is 0 Å². The molecule has 7 heteroatoms. The maximum absolute atomic E-state index is 9.97. The van der Waals surface area contributed by atoms with E-state index in [-0.39, 0.29) is 6.54 Å². The third-order valence-electron chi connectivity index (χ3n) is 2.65. The summed E-state index contributed by atoms with van der Waals surface area (Å²) < 4.78 is 4.87. The molecular formula is C7H12NO5Os. The quantitative estimate of drug-likeness (QED) is 0.326. The normalized spacial score (nSPS) is 40.1. The van der Waals surface area contributed by atoms with Crippen LogP contribution in [0.5, 0.6) is 0 Å². The van der Waals surface area contributed by atoms with Crippen molar-refractivity contribution in [2.45, 2.75) is 37.1 Å². The Morgan fingerprint density at radius 3 is 2.71 bits per heavy atom. The van der Waals surface area contributed by atoms with Crippen LogP contribution >= 0.6 is 0 Å². The van der Waals surface area contributed by atoms with Crippen LogP contribution in [-0.2, 0) is 32.3 Å². The minimum atomic E-state index is -1.20. The summed E-state index contributed by atoms with van der Waals surface area (Å²) in [6.45, 7) is 0.187. The Kier molecular flexibility index (Phi) is 2.93. The summed E-state index contributed by atoms with van der Waals surface area (Å²) in [5, 5.41) is 22.3. The molecule has 2 aliphatic rings. The van der Waals surface area contributed by atoms with Gasteiger partial charge in [-0.25, -0.2) is 0 Å². The molecule has 0 aromatic heterocycles. The van der Waals surface area contributed by atoms with Gasteiger partial charge >= 0.3 is 91.4 Å². The average molecular weight is 380 g/mol. The molecule has 2 fully saturated rings. The number of nitrogens with one attached hydrogen (secondary N) is 1. The first-order valence-corrected chi connectivity index (χ1v) is 5.45. The second kappa shape index (κ2) is 3.76. The van der Waals surface area contributed by atoms with E-state index < -0.39 is 17.8 Å². The molecule has 3 N–H and O–H groups in total. The van der Waals surface area contributed by atoms with E-state index in [1.807, 2.05) is 0 Å². The van der Waals surface area contributed by atoms with E-state index in [9.17, 15) is 10.2 Å². The van der Waals surface area contributed by atoms with E-state index in [4.69, 9.17) is 3.53 Å². The summed E-state index contributed by atoms with van der Waals surface area (Å²) in [4.78, 5) is 9.13. The molecule has 0 radical (unpaired) electrons. The molecule has 2 rings (SSSR count). The van der Waals surface area contributed by atoms with E-state index in [1.165, 1.54) is 19.0 Å². The summed E-state index contributed by atoms with van der Waals surface area (Å²) in [5.41, 5.74) is -1.09. The molecule has 2 atom stereocenters. The monoisotopic (exact) mass is 382 g/mol. The molecule has 0 aromatic carbocycles. The van der Waals surface area contributed by atoms with Gasteiger partial charge in [-0.15, -0.1) is 0 Å². The fraction of sp³-hybridized carbons (Fsp3) is 1.00. The number of aliphatic hydroxyl groups is 2. The Morgan fingerprint density at radius 1 is 1.57 bits per heavy atom. The zero-order valence-corrected chi connectivity index (χ0v) is 9.92. The summed E-state index contributed by atoms with van der Waals surface area (Å²) in [6, 6.07) is 0. The zero-order valence-electron chi connectivity index (χ0n) is 7.38. The molecule has 0 amide bonds. The van der Waals surface area contributed by atoms with Gasteiger partial charge < -0.3 is 0 Å². The van der Waals surface area contributed by atoms with Crippen molar-refractivity contribution in [1.82, 2.24) is 5.32 Å².